The fourth-order valence-corrected chi connectivity index (χ4v) is 2.34. The third-order valence-electron chi connectivity index (χ3n) is 3.40. The first-order valence-electron chi connectivity index (χ1n) is 5.76. The summed E-state index contributed by atoms with van der Waals surface area (Å²) in [6.07, 6.45) is 4.23. The largest absolute Gasteiger partial charge is 0.316 e. The Morgan fingerprint density at radius 2 is 2.00 bits per heavy atom. The fourth-order valence-electron chi connectivity index (χ4n) is 2.34. The van der Waals surface area contributed by atoms with E-state index in [9.17, 15) is 0 Å². The molecule has 78 valence electrons. The number of hydrogen-bond acceptors (Lipinski definition) is 1. The smallest absolute Gasteiger partial charge is 0.00200 e. The first kappa shape index (κ1) is 11.0. The van der Waals surface area contributed by atoms with Gasteiger partial charge in [0.05, 0.1) is 0 Å². The van der Waals surface area contributed by atoms with Crippen molar-refractivity contribution in [2.45, 2.75) is 47.0 Å². The lowest BCUT2D eigenvalue weighted by molar-refractivity contribution is 0.0702. The van der Waals surface area contributed by atoms with E-state index in [0.717, 1.165) is 11.8 Å². The Bertz CT molecular complexity index is 145. The molecule has 1 rings (SSSR count). The highest BCUT2D eigenvalue weighted by Gasteiger charge is 2.37. The van der Waals surface area contributed by atoms with Crippen molar-refractivity contribution in [1.82, 2.24) is 5.32 Å². The summed E-state index contributed by atoms with van der Waals surface area (Å²) in [4.78, 5) is 0. The second kappa shape index (κ2) is 4.45. The van der Waals surface area contributed by atoms with Gasteiger partial charge in [-0.15, -0.1) is 0 Å². The molecule has 0 aromatic rings. The van der Waals surface area contributed by atoms with Crippen LogP contribution in [-0.2, 0) is 0 Å². The molecule has 0 aromatic carbocycles. The summed E-state index contributed by atoms with van der Waals surface area (Å²) >= 11 is 0. The van der Waals surface area contributed by atoms with Crippen LogP contribution in [0.3, 0.4) is 0 Å². The van der Waals surface area contributed by atoms with Gasteiger partial charge in [-0.05, 0) is 43.2 Å². The quantitative estimate of drug-likeness (QED) is 0.691. The Kier molecular flexibility index (Phi) is 3.78. The molecule has 0 unspecified atom stereocenters. The SMILES string of the molecule is CCC1(C)CC(CNCC(C)C)C1. The van der Waals surface area contributed by atoms with Gasteiger partial charge in [0.25, 0.3) is 0 Å². The van der Waals surface area contributed by atoms with Crippen LogP contribution in [0.5, 0.6) is 0 Å². The molecule has 13 heavy (non-hydrogen) atoms. The topological polar surface area (TPSA) is 12.0 Å². The van der Waals surface area contributed by atoms with E-state index in [0.29, 0.717) is 5.41 Å². The second-order valence-electron chi connectivity index (χ2n) is 5.49. The summed E-state index contributed by atoms with van der Waals surface area (Å²) in [5.41, 5.74) is 0.685. The molecule has 1 fully saturated rings. The summed E-state index contributed by atoms with van der Waals surface area (Å²) in [5.74, 6) is 1.75. The van der Waals surface area contributed by atoms with Crippen molar-refractivity contribution in [2.24, 2.45) is 17.3 Å². The highest BCUT2D eigenvalue weighted by molar-refractivity contribution is 4.90. The molecule has 0 amide bonds. The van der Waals surface area contributed by atoms with Crippen LogP contribution in [0.2, 0.25) is 0 Å². The van der Waals surface area contributed by atoms with Gasteiger partial charge in [-0.1, -0.05) is 34.1 Å². The Morgan fingerprint density at radius 3 is 2.46 bits per heavy atom. The summed E-state index contributed by atoms with van der Waals surface area (Å²) in [5, 5.41) is 3.55. The zero-order valence-electron chi connectivity index (χ0n) is 9.69. The van der Waals surface area contributed by atoms with Crippen LogP contribution in [0.1, 0.15) is 47.0 Å². The average Bonchev–Trinajstić information content (AvgIpc) is 2.00. The molecule has 0 aliphatic heterocycles. The Hall–Kier alpha value is -0.0400. The standard InChI is InChI=1S/C12H25N/c1-5-12(4)6-11(7-12)9-13-8-10(2)3/h10-11,13H,5-9H2,1-4H3. The van der Waals surface area contributed by atoms with E-state index in [1.807, 2.05) is 0 Å². The maximum atomic E-state index is 3.55. The zero-order chi connectivity index (χ0) is 9.90. The van der Waals surface area contributed by atoms with Crippen LogP contribution < -0.4 is 5.32 Å². The molecular weight excluding hydrogens is 158 g/mol. The van der Waals surface area contributed by atoms with Gasteiger partial charge in [0, 0.05) is 0 Å². The Morgan fingerprint density at radius 1 is 1.38 bits per heavy atom. The van der Waals surface area contributed by atoms with Gasteiger partial charge in [-0.2, -0.15) is 0 Å². The van der Waals surface area contributed by atoms with E-state index in [1.165, 1.54) is 32.4 Å². The van der Waals surface area contributed by atoms with Gasteiger partial charge in [-0.3, -0.25) is 0 Å². The molecule has 1 aliphatic carbocycles. The van der Waals surface area contributed by atoms with E-state index in [-0.39, 0.29) is 0 Å². The first-order valence-corrected chi connectivity index (χ1v) is 5.76. The van der Waals surface area contributed by atoms with Gasteiger partial charge in [-0.25, -0.2) is 0 Å². The van der Waals surface area contributed by atoms with Crippen molar-refractivity contribution >= 4 is 0 Å². The van der Waals surface area contributed by atoms with E-state index in [2.05, 4.69) is 33.0 Å². The van der Waals surface area contributed by atoms with Gasteiger partial charge < -0.3 is 5.32 Å². The Balaban J connectivity index is 2.02. The maximum absolute atomic E-state index is 3.55. The minimum Gasteiger partial charge on any atom is -0.316 e. The van der Waals surface area contributed by atoms with Crippen molar-refractivity contribution in [2.75, 3.05) is 13.1 Å². The highest BCUT2D eigenvalue weighted by Crippen LogP contribution is 2.47. The van der Waals surface area contributed by atoms with Crippen molar-refractivity contribution in [3.63, 3.8) is 0 Å². The molecule has 1 saturated carbocycles. The van der Waals surface area contributed by atoms with Crippen molar-refractivity contribution < 1.29 is 0 Å². The second-order valence-corrected chi connectivity index (χ2v) is 5.49. The lowest BCUT2D eigenvalue weighted by Crippen LogP contribution is -2.40. The minimum absolute atomic E-state index is 0.685. The molecule has 0 radical (unpaired) electrons. The fraction of sp³-hybridized carbons (Fsp3) is 1.00. The molecule has 0 atom stereocenters. The zero-order valence-corrected chi connectivity index (χ0v) is 9.69. The van der Waals surface area contributed by atoms with Gasteiger partial charge in [0.2, 0.25) is 0 Å². The van der Waals surface area contributed by atoms with Crippen molar-refractivity contribution in [1.29, 1.82) is 0 Å². The van der Waals surface area contributed by atoms with Gasteiger partial charge in [0.1, 0.15) is 0 Å². The van der Waals surface area contributed by atoms with Crippen LogP contribution in [0, 0.1) is 17.3 Å². The lowest BCUT2D eigenvalue weighted by atomic mass is 9.62. The minimum atomic E-state index is 0.685. The predicted molar refractivity (Wildman–Crippen MR) is 58.8 cm³/mol. The van der Waals surface area contributed by atoms with Crippen molar-refractivity contribution in [3.05, 3.63) is 0 Å². The third-order valence-corrected chi connectivity index (χ3v) is 3.40. The number of nitrogens with one attached hydrogen (secondary N) is 1. The molecule has 0 heterocycles. The molecule has 0 aromatic heterocycles. The van der Waals surface area contributed by atoms with Crippen molar-refractivity contribution in [3.8, 4) is 0 Å². The maximum Gasteiger partial charge on any atom is -0.00200 e. The molecule has 0 bridgehead atoms. The summed E-state index contributed by atoms with van der Waals surface area (Å²) < 4.78 is 0. The summed E-state index contributed by atoms with van der Waals surface area (Å²) in [7, 11) is 0. The van der Waals surface area contributed by atoms with Crippen LogP contribution in [0.15, 0.2) is 0 Å². The van der Waals surface area contributed by atoms with Crippen LogP contribution in [0.4, 0.5) is 0 Å². The monoisotopic (exact) mass is 183 g/mol. The highest BCUT2D eigenvalue weighted by atomic mass is 14.9. The van der Waals surface area contributed by atoms with E-state index in [4.69, 9.17) is 0 Å². The third kappa shape index (κ3) is 3.30. The molecule has 1 aliphatic rings. The molecule has 0 spiro atoms. The summed E-state index contributed by atoms with van der Waals surface area (Å²) in [6, 6.07) is 0. The van der Waals surface area contributed by atoms with Gasteiger partial charge in [0.15, 0.2) is 0 Å². The van der Waals surface area contributed by atoms with Gasteiger partial charge >= 0.3 is 0 Å². The average molecular weight is 183 g/mol. The lowest BCUT2D eigenvalue weighted by Gasteiger charge is -2.45. The first-order chi connectivity index (χ1) is 6.06. The molecule has 1 N–H and O–H groups in total. The summed E-state index contributed by atoms with van der Waals surface area (Å²) in [6.45, 7) is 11.7. The molecule has 0 saturated heterocycles. The van der Waals surface area contributed by atoms with E-state index in [1.54, 1.807) is 0 Å². The molecular formula is C12H25N. The van der Waals surface area contributed by atoms with Crippen LogP contribution >= 0.6 is 0 Å². The molecule has 1 heteroatoms. The number of rotatable bonds is 5. The van der Waals surface area contributed by atoms with E-state index >= 15 is 0 Å². The normalized spacial score (nSPS) is 33.5. The number of hydrogen-bond donors (Lipinski definition) is 1. The van der Waals surface area contributed by atoms with E-state index < -0.39 is 0 Å². The Labute approximate surface area is 83.3 Å². The molecule has 1 nitrogen and oxygen atoms in total. The predicted octanol–water partition coefficient (Wildman–Crippen LogP) is 3.06. The van der Waals surface area contributed by atoms with Crippen LogP contribution in [0.25, 0.3) is 0 Å². The van der Waals surface area contributed by atoms with Crippen LogP contribution in [-0.4, -0.2) is 13.1 Å².